The molecule has 4 heteroatoms. The summed E-state index contributed by atoms with van der Waals surface area (Å²) in [5, 5.41) is 3.75. The van der Waals surface area contributed by atoms with Gasteiger partial charge in [0.15, 0.2) is 0 Å². The van der Waals surface area contributed by atoms with E-state index < -0.39 is 0 Å². The van der Waals surface area contributed by atoms with Gasteiger partial charge >= 0.3 is 0 Å². The normalized spacial score (nSPS) is 14.1. The van der Waals surface area contributed by atoms with Crippen LogP contribution in [-0.4, -0.2) is 6.54 Å². The van der Waals surface area contributed by atoms with E-state index in [0.29, 0.717) is 12.0 Å². The average molecular weight is 431 g/mol. The molecule has 1 heterocycles. The van der Waals surface area contributed by atoms with Crippen molar-refractivity contribution in [3.63, 3.8) is 0 Å². The zero-order chi connectivity index (χ0) is 15.2. The van der Waals surface area contributed by atoms with Crippen LogP contribution in [0.3, 0.4) is 0 Å². The summed E-state index contributed by atoms with van der Waals surface area (Å²) >= 11 is 9.08. The molecule has 2 aromatic rings. The van der Waals surface area contributed by atoms with Gasteiger partial charge in [-0.3, -0.25) is 0 Å². The fraction of sp³-hybridized carbons (Fsp3) is 0.412. The molecule has 0 fully saturated rings. The number of benzene rings is 1. The molecule has 0 amide bonds. The number of hydrogen-bond donors (Lipinski definition) is 1. The first-order chi connectivity index (χ1) is 10.2. The molecule has 2 rings (SSSR count). The maximum absolute atomic E-state index is 3.75. The van der Waals surface area contributed by atoms with Crippen molar-refractivity contribution in [1.29, 1.82) is 0 Å². The van der Waals surface area contributed by atoms with E-state index in [4.69, 9.17) is 0 Å². The molecule has 0 aliphatic rings. The molecule has 0 spiro atoms. The van der Waals surface area contributed by atoms with Gasteiger partial charge in [0.05, 0.1) is 7.57 Å². The third-order valence-electron chi connectivity index (χ3n) is 3.70. The first kappa shape index (κ1) is 17.2. The lowest BCUT2D eigenvalue weighted by Crippen LogP contribution is -2.27. The van der Waals surface area contributed by atoms with Gasteiger partial charge in [-0.15, -0.1) is 11.3 Å². The molecule has 1 nitrogen and oxygen atoms in total. The Balaban J connectivity index is 2.36. The maximum atomic E-state index is 3.75. The van der Waals surface area contributed by atoms with E-state index in [2.05, 4.69) is 87.4 Å². The molecule has 0 radical (unpaired) electrons. The van der Waals surface area contributed by atoms with Crippen molar-refractivity contribution < 1.29 is 0 Å². The molecule has 0 saturated carbocycles. The predicted molar refractivity (Wildman–Crippen MR) is 100 cm³/mol. The summed E-state index contributed by atoms with van der Waals surface area (Å²) in [4.78, 5) is 0. The number of nitrogens with one attached hydrogen (secondary N) is 1. The summed E-state index contributed by atoms with van der Waals surface area (Å²) in [5.74, 6) is 0.482. The third kappa shape index (κ3) is 4.41. The summed E-state index contributed by atoms with van der Waals surface area (Å²) in [6.07, 6.45) is 2.26. The fourth-order valence-corrected chi connectivity index (χ4v) is 5.63. The van der Waals surface area contributed by atoms with Crippen molar-refractivity contribution in [3.05, 3.63) is 55.1 Å². The van der Waals surface area contributed by atoms with Crippen LogP contribution in [0.4, 0.5) is 0 Å². The Morgan fingerprint density at radius 1 is 1.14 bits per heavy atom. The second-order valence-corrected chi connectivity index (χ2v) is 8.89. The quantitative estimate of drug-likeness (QED) is 0.527. The van der Waals surface area contributed by atoms with Crippen LogP contribution in [0.25, 0.3) is 0 Å². The molecule has 1 N–H and O–H groups in total. The van der Waals surface area contributed by atoms with E-state index in [1.54, 1.807) is 11.3 Å². The summed E-state index contributed by atoms with van der Waals surface area (Å²) in [7, 11) is 0. The summed E-state index contributed by atoms with van der Waals surface area (Å²) in [6.45, 7) is 5.52. The highest BCUT2D eigenvalue weighted by Gasteiger charge is 2.25. The van der Waals surface area contributed by atoms with Crippen molar-refractivity contribution >= 4 is 43.2 Å². The molecule has 0 aliphatic carbocycles. The van der Waals surface area contributed by atoms with Gasteiger partial charge in [0.2, 0.25) is 0 Å². The van der Waals surface area contributed by atoms with E-state index >= 15 is 0 Å². The second-order valence-electron chi connectivity index (χ2n) is 5.14. The van der Waals surface area contributed by atoms with E-state index in [0.717, 1.165) is 19.4 Å². The molecule has 2 unspecified atom stereocenters. The predicted octanol–water partition coefficient (Wildman–Crippen LogP) is 6.51. The molecule has 0 saturated heterocycles. The van der Waals surface area contributed by atoms with E-state index in [1.807, 2.05) is 0 Å². The largest absolute Gasteiger partial charge is 0.309 e. The van der Waals surface area contributed by atoms with Gasteiger partial charge in [-0.05, 0) is 68.4 Å². The Morgan fingerprint density at radius 3 is 2.38 bits per heavy atom. The Labute approximate surface area is 148 Å². The smallest absolute Gasteiger partial charge is 0.0758 e. The highest BCUT2D eigenvalue weighted by Crippen LogP contribution is 2.42. The highest BCUT2D eigenvalue weighted by atomic mass is 79.9. The molecule has 2 atom stereocenters. The molecule has 1 aromatic heterocycles. The number of thiophene rings is 1. The van der Waals surface area contributed by atoms with Crippen molar-refractivity contribution in [3.8, 4) is 0 Å². The van der Waals surface area contributed by atoms with Gasteiger partial charge in [-0.2, -0.15) is 0 Å². The standard InChI is InChI=1S/C17H21Br2NS/c1-3-10-20-16(14-11-15(18)21-17(14)19)13(4-2)12-8-6-5-7-9-12/h5-9,11,13,16,20H,3-4,10H2,1-2H3. The lowest BCUT2D eigenvalue weighted by Gasteiger charge is -2.28. The fourth-order valence-electron chi connectivity index (χ4n) is 2.70. The van der Waals surface area contributed by atoms with Crippen LogP contribution in [-0.2, 0) is 0 Å². The summed E-state index contributed by atoms with van der Waals surface area (Å²) in [5.41, 5.74) is 2.76. The minimum atomic E-state index is 0.342. The van der Waals surface area contributed by atoms with E-state index in [1.165, 1.54) is 18.7 Å². The molecule has 1 aromatic carbocycles. The maximum Gasteiger partial charge on any atom is 0.0758 e. The van der Waals surface area contributed by atoms with Crippen LogP contribution >= 0.6 is 43.2 Å². The summed E-state index contributed by atoms with van der Waals surface area (Å²) in [6, 6.07) is 13.4. The SMILES string of the molecule is CCCNC(c1cc(Br)sc1Br)C(CC)c1ccccc1. The lowest BCUT2D eigenvalue weighted by atomic mass is 9.86. The second kappa shape index (κ2) is 8.47. The molecular formula is C17H21Br2NS. The molecule has 21 heavy (non-hydrogen) atoms. The molecular weight excluding hydrogens is 410 g/mol. The zero-order valence-electron chi connectivity index (χ0n) is 12.4. The van der Waals surface area contributed by atoms with Gasteiger partial charge < -0.3 is 5.32 Å². The Bertz CT molecular complexity index is 553. The average Bonchev–Trinajstić information content (AvgIpc) is 2.83. The van der Waals surface area contributed by atoms with Crippen molar-refractivity contribution in [2.45, 2.75) is 38.6 Å². The third-order valence-corrected chi connectivity index (χ3v) is 6.09. The number of hydrogen-bond acceptors (Lipinski definition) is 2. The van der Waals surface area contributed by atoms with Crippen LogP contribution in [0.1, 0.15) is 49.8 Å². The van der Waals surface area contributed by atoms with Gasteiger partial charge in [0.1, 0.15) is 0 Å². The van der Waals surface area contributed by atoms with Crippen LogP contribution in [0.2, 0.25) is 0 Å². The molecule has 0 aliphatic heterocycles. The monoisotopic (exact) mass is 429 g/mol. The van der Waals surface area contributed by atoms with Crippen molar-refractivity contribution in [1.82, 2.24) is 5.32 Å². The minimum Gasteiger partial charge on any atom is -0.309 e. The Morgan fingerprint density at radius 2 is 1.86 bits per heavy atom. The first-order valence-corrected chi connectivity index (χ1v) is 9.80. The van der Waals surface area contributed by atoms with Crippen LogP contribution in [0, 0.1) is 0 Å². The zero-order valence-corrected chi connectivity index (χ0v) is 16.4. The highest BCUT2D eigenvalue weighted by molar-refractivity contribution is 9.12. The van der Waals surface area contributed by atoms with Gasteiger partial charge in [-0.25, -0.2) is 0 Å². The van der Waals surface area contributed by atoms with E-state index in [9.17, 15) is 0 Å². The Kier molecular flexibility index (Phi) is 6.93. The van der Waals surface area contributed by atoms with Crippen molar-refractivity contribution in [2.75, 3.05) is 6.54 Å². The van der Waals surface area contributed by atoms with Crippen molar-refractivity contribution in [2.24, 2.45) is 0 Å². The minimum absolute atomic E-state index is 0.342. The number of rotatable bonds is 7. The van der Waals surface area contributed by atoms with Crippen LogP contribution in [0.5, 0.6) is 0 Å². The molecule has 114 valence electrons. The van der Waals surface area contributed by atoms with Gasteiger partial charge in [-0.1, -0.05) is 44.2 Å². The lowest BCUT2D eigenvalue weighted by molar-refractivity contribution is 0.435. The first-order valence-electron chi connectivity index (χ1n) is 7.40. The topological polar surface area (TPSA) is 12.0 Å². The van der Waals surface area contributed by atoms with Gasteiger partial charge in [0, 0.05) is 12.0 Å². The molecule has 0 bridgehead atoms. The van der Waals surface area contributed by atoms with Gasteiger partial charge in [0.25, 0.3) is 0 Å². The van der Waals surface area contributed by atoms with E-state index in [-0.39, 0.29) is 0 Å². The van der Waals surface area contributed by atoms with Crippen LogP contribution in [0.15, 0.2) is 44.0 Å². The Hall–Kier alpha value is -0.160. The van der Waals surface area contributed by atoms with Crippen LogP contribution < -0.4 is 5.32 Å². The number of halogens is 2. The summed E-state index contributed by atoms with van der Waals surface area (Å²) < 4.78 is 2.40.